The smallest absolute Gasteiger partial charge is 0.331 e. The number of halogens is 2. The molecule has 1 aromatic heterocycles. The lowest BCUT2D eigenvalue weighted by molar-refractivity contribution is -0.141. The summed E-state index contributed by atoms with van der Waals surface area (Å²) in [6.07, 6.45) is 1.26. The summed E-state index contributed by atoms with van der Waals surface area (Å²) in [5.41, 5.74) is 1.96. The van der Waals surface area contributed by atoms with Crippen LogP contribution in [0.3, 0.4) is 0 Å². The predicted molar refractivity (Wildman–Crippen MR) is 189 cm³/mol. The van der Waals surface area contributed by atoms with Crippen molar-refractivity contribution in [2.75, 3.05) is 73.1 Å². The molecule has 6 rings (SSSR count). The summed E-state index contributed by atoms with van der Waals surface area (Å²) >= 11 is 0. The first-order valence-corrected chi connectivity index (χ1v) is 17.6. The molecule has 0 N–H and O–H groups in total. The molecule has 2 fully saturated rings. The summed E-state index contributed by atoms with van der Waals surface area (Å²) in [5, 5.41) is 10.3. The summed E-state index contributed by atoms with van der Waals surface area (Å²) < 4.78 is 34.5. The number of piperazine rings is 1. The lowest BCUT2D eigenvalue weighted by Crippen LogP contribution is -2.57. The molecule has 51 heavy (non-hydrogen) atoms. The van der Waals surface area contributed by atoms with Crippen LogP contribution in [0.1, 0.15) is 53.6 Å². The molecule has 0 saturated carbocycles. The van der Waals surface area contributed by atoms with Crippen molar-refractivity contribution in [3.63, 3.8) is 0 Å². The van der Waals surface area contributed by atoms with Crippen molar-refractivity contribution in [1.82, 2.24) is 39.8 Å². The van der Waals surface area contributed by atoms with Gasteiger partial charge in [-0.15, -0.1) is 0 Å². The van der Waals surface area contributed by atoms with E-state index in [1.54, 1.807) is 36.2 Å². The largest absolute Gasteiger partial charge is 0.496 e. The van der Waals surface area contributed by atoms with Gasteiger partial charge in [-0.25, -0.2) is 4.39 Å². The summed E-state index contributed by atoms with van der Waals surface area (Å²) in [5.74, 6) is -0.191. The number of piperidine rings is 1. The predicted octanol–water partition coefficient (Wildman–Crippen LogP) is 4.39. The molecule has 1 atom stereocenters. The monoisotopic (exact) mass is 700 g/mol. The Hall–Kier alpha value is -4.75. The molecule has 0 bridgehead atoms. The van der Waals surface area contributed by atoms with Gasteiger partial charge in [0.15, 0.2) is 0 Å². The van der Waals surface area contributed by atoms with Crippen molar-refractivity contribution < 1.29 is 23.1 Å². The second kappa shape index (κ2) is 16.1. The maximum atomic E-state index is 14.3. The van der Waals surface area contributed by atoms with Crippen LogP contribution in [0.2, 0.25) is 0 Å². The van der Waals surface area contributed by atoms with Crippen LogP contribution in [0, 0.1) is 11.9 Å². The van der Waals surface area contributed by atoms with Crippen molar-refractivity contribution in [2.45, 2.75) is 37.5 Å². The molecule has 0 spiro atoms. The van der Waals surface area contributed by atoms with Gasteiger partial charge in [0.2, 0.25) is 5.91 Å². The van der Waals surface area contributed by atoms with Gasteiger partial charge in [0, 0.05) is 45.7 Å². The number of carbonyl (C=O) groups excluding carboxylic acids is 2. The Labute approximate surface area is 297 Å². The zero-order valence-corrected chi connectivity index (χ0v) is 29.5. The number of hydrogen-bond acceptors (Lipinski definition) is 8. The van der Waals surface area contributed by atoms with E-state index in [9.17, 15) is 18.4 Å². The highest BCUT2D eigenvalue weighted by Crippen LogP contribution is 2.38. The third-order valence-corrected chi connectivity index (χ3v) is 10.6. The Morgan fingerprint density at radius 1 is 0.922 bits per heavy atom. The number of benzene rings is 3. The Bertz CT molecular complexity index is 1770. The van der Waals surface area contributed by atoms with Crippen molar-refractivity contribution in [3.8, 4) is 11.4 Å². The Morgan fingerprint density at radius 3 is 2.25 bits per heavy atom. The molecule has 1 unspecified atom stereocenters. The van der Waals surface area contributed by atoms with Gasteiger partial charge in [0.05, 0.1) is 23.8 Å². The first-order chi connectivity index (χ1) is 24.7. The average molecular weight is 701 g/mol. The van der Waals surface area contributed by atoms with Crippen LogP contribution in [-0.2, 0) is 10.2 Å². The standard InChI is InChI=1S/C38H46F2N8O3/c1-4-45-22-24-47(25-23-45)36(50)38(30-8-6-5-7-9-30)17-20-46(21-18-38)19-16-29(28-10-12-31(39)13-11-28)27-44(2)35(49)33-26-32(14-15-34(33)51-3)48-37(40)41-42-43-48/h5-15,26,29H,4,16-25,27H2,1-3H3. The lowest BCUT2D eigenvalue weighted by atomic mass is 9.71. The fourth-order valence-corrected chi connectivity index (χ4v) is 7.50. The number of ether oxygens (including phenoxy) is 1. The Morgan fingerprint density at radius 2 is 1.63 bits per heavy atom. The topological polar surface area (TPSA) is 99.9 Å². The number of carbonyl (C=O) groups is 2. The van der Waals surface area contributed by atoms with E-state index in [4.69, 9.17) is 4.74 Å². The Balaban J connectivity index is 1.16. The van der Waals surface area contributed by atoms with Gasteiger partial charge in [-0.3, -0.25) is 9.59 Å². The molecule has 2 amide bonds. The molecule has 2 aliphatic heterocycles. The highest BCUT2D eigenvalue weighted by molar-refractivity contribution is 5.97. The van der Waals surface area contributed by atoms with Crippen molar-refractivity contribution in [3.05, 3.63) is 101 Å². The molecule has 3 aromatic carbocycles. The summed E-state index contributed by atoms with van der Waals surface area (Å²) in [6, 6.07) is 21.3. The fraction of sp³-hybridized carbons (Fsp3) is 0.447. The van der Waals surface area contributed by atoms with E-state index in [0.717, 1.165) is 81.0 Å². The van der Waals surface area contributed by atoms with E-state index < -0.39 is 11.5 Å². The summed E-state index contributed by atoms with van der Waals surface area (Å²) in [7, 11) is 3.18. The molecule has 0 radical (unpaired) electrons. The number of aromatic nitrogens is 4. The van der Waals surface area contributed by atoms with E-state index in [1.165, 1.54) is 25.3 Å². The van der Waals surface area contributed by atoms with Crippen LogP contribution >= 0.6 is 0 Å². The first kappa shape index (κ1) is 36.1. The normalized spacial score (nSPS) is 17.2. The minimum absolute atomic E-state index is 0.108. The second-order valence-electron chi connectivity index (χ2n) is 13.5. The second-order valence-corrected chi connectivity index (χ2v) is 13.5. The number of tetrazole rings is 1. The van der Waals surface area contributed by atoms with Gasteiger partial charge in [-0.1, -0.05) is 54.5 Å². The van der Waals surface area contributed by atoms with Gasteiger partial charge in [-0.2, -0.15) is 9.07 Å². The van der Waals surface area contributed by atoms with Crippen LogP contribution in [-0.4, -0.2) is 125 Å². The van der Waals surface area contributed by atoms with Gasteiger partial charge in [-0.05, 0) is 97.3 Å². The van der Waals surface area contributed by atoms with Crippen LogP contribution in [0.4, 0.5) is 8.78 Å². The third-order valence-electron chi connectivity index (χ3n) is 10.6. The van der Waals surface area contributed by atoms with Crippen LogP contribution in [0.25, 0.3) is 5.69 Å². The van der Waals surface area contributed by atoms with Gasteiger partial charge >= 0.3 is 6.08 Å². The van der Waals surface area contributed by atoms with E-state index in [0.29, 0.717) is 18.7 Å². The number of amides is 2. The lowest BCUT2D eigenvalue weighted by Gasteiger charge is -2.45. The van der Waals surface area contributed by atoms with Gasteiger partial charge < -0.3 is 24.3 Å². The zero-order valence-electron chi connectivity index (χ0n) is 29.5. The molecule has 13 heteroatoms. The third kappa shape index (κ3) is 7.94. The van der Waals surface area contributed by atoms with E-state index >= 15 is 0 Å². The molecule has 270 valence electrons. The molecule has 3 heterocycles. The molecular weight excluding hydrogens is 654 g/mol. The quantitative estimate of drug-likeness (QED) is 0.215. The molecular formula is C38H46F2N8O3. The highest BCUT2D eigenvalue weighted by atomic mass is 19.1. The number of nitrogens with zero attached hydrogens (tertiary/aromatic N) is 8. The van der Waals surface area contributed by atoms with Crippen LogP contribution in [0.5, 0.6) is 5.75 Å². The van der Waals surface area contributed by atoms with Gasteiger partial charge in [0.1, 0.15) is 11.6 Å². The fourth-order valence-electron chi connectivity index (χ4n) is 7.50. The first-order valence-electron chi connectivity index (χ1n) is 17.6. The number of likely N-dealkylation sites (N-methyl/N-ethyl adjacent to an activating group) is 2. The molecule has 0 aliphatic carbocycles. The summed E-state index contributed by atoms with van der Waals surface area (Å²) in [4.78, 5) is 36.6. The number of likely N-dealkylation sites (tertiary alicyclic amines) is 1. The van der Waals surface area contributed by atoms with Gasteiger partial charge in [0.25, 0.3) is 5.91 Å². The zero-order chi connectivity index (χ0) is 36.0. The molecule has 2 aliphatic rings. The molecule has 11 nitrogen and oxygen atoms in total. The van der Waals surface area contributed by atoms with E-state index in [-0.39, 0.29) is 34.8 Å². The minimum Gasteiger partial charge on any atom is -0.496 e. The van der Waals surface area contributed by atoms with Crippen LogP contribution < -0.4 is 4.74 Å². The number of rotatable bonds is 12. The average Bonchev–Trinajstić information content (AvgIpc) is 3.62. The van der Waals surface area contributed by atoms with E-state index in [1.807, 2.05) is 18.2 Å². The summed E-state index contributed by atoms with van der Waals surface area (Å²) in [6.45, 7) is 9.08. The molecule has 4 aromatic rings. The maximum Gasteiger partial charge on any atom is 0.331 e. The van der Waals surface area contributed by atoms with Crippen molar-refractivity contribution >= 4 is 11.8 Å². The van der Waals surface area contributed by atoms with Crippen LogP contribution in [0.15, 0.2) is 72.8 Å². The SMILES string of the molecule is CCN1CCN(C(=O)C2(c3ccccc3)CCN(CCC(CN(C)C(=O)c3cc(-n4nnnc4F)ccc3OC)c3ccc(F)cc3)CC2)CC1. The number of hydrogen-bond donors (Lipinski definition) is 0. The number of methoxy groups -OCH3 is 1. The van der Waals surface area contributed by atoms with E-state index in [2.05, 4.69) is 49.3 Å². The van der Waals surface area contributed by atoms with Crippen molar-refractivity contribution in [1.29, 1.82) is 0 Å². The highest BCUT2D eigenvalue weighted by Gasteiger charge is 2.45. The van der Waals surface area contributed by atoms with Crippen molar-refractivity contribution in [2.24, 2.45) is 0 Å². The maximum absolute atomic E-state index is 14.3. The Kier molecular flexibility index (Phi) is 11.4. The molecule has 2 saturated heterocycles. The minimum atomic E-state index is -0.902.